The number of ether oxygens (including phenoxy) is 2. The van der Waals surface area contributed by atoms with Gasteiger partial charge < -0.3 is 40.3 Å². The summed E-state index contributed by atoms with van der Waals surface area (Å²) in [7, 11) is 1.73. The van der Waals surface area contributed by atoms with E-state index < -0.39 is 6.04 Å². The van der Waals surface area contributed by atoms with Crippen LogP contribution in [0.15, 0.2) is 18.2 Å². The van der Waals surface area contributed by atoms with Crippen LogP contribution in [-0.4, -0.2) is 96.6 Å². The highest BCUT2D eigenvalue weighted by molar-refractivity contribution is 5.99. The van der Waals surface area contributed by atoms with Crippen molar-refractivity contribution in [3.8, 4) is 5.75 Å². The van der Waals surface area contributed by atoms with Gasteiger partial charge in [0.25, 0.3) is 5.91 Å². The van der Waals surface area contributed by atoms with E-state index in [-0.39, 0.29) is 61.3 Å². The Morgan fingerprint density at radius 2 is 1.78 bits per heavy atom. The summed E-state index contributed by atoms with van der Waals surface area (Å²) < 4.78 is 12.5. The summed E-state index contributed by atoms with van der Waals surface area (Å²) in [5, 5.41) is 18.6. The van der Waals surface area contributed by atoms with Crippen LogP contribution < -0.4 is 20.7 Å². The second kappa shape index (κ2) is 16.4. The third-order valence-electron chi connectivity index (χ3n) is 6.94. The van der Waals surface area contributed by atoms with Gasteiger partial charge in [-0.15, -0.1) is 0 Å². The molecule has 0 bridgehead atoms. The molecule has 4 atom stereocenters. The van der Waals surface area contributed by atoms with E-state index in [4.69, 9.17) is 9.47 Å². The average Bonchev–Trinajstić information content (AvgIpc) is 2.89. The first-order valence-electron chi connectivity index (χ1n) is 14.8. The predicted octanol–water partition coefficient (Wildman–Crippen LogP) is 4.06. The molecule has 1 heterocycles. The molecule has 2 rings (SSSR count). The molecule has 0 unspecified atom stereocenters. The van der Waals surface area contributed by atoms with Crippen LogP contribution in [0.3, 0.4) is 0 Å². The van der Waals surface area contributed by atoms with Gasteiger partial charge in [-0.1, -0.05) is 6.92 Å². The monoisotopic (exact) mass is 577 g/mol. The molecule has 41 heavy (non-hydrogen) atoms. The van der Waals surface area contributed by atoms with Gasteiger partial charge in [0.2, 0.25) is 0 Å². The molecule has 1 aromatic rings. The molecule has 1 aliphatic rings. The number of nitrogens with one attached hydrogen (secondary N) is 3. The summed E-state index contributed by atoms with van der Waals surface area (Å²) in [6.07, 6.45) is 1.98. The number of aliphatic hydroxyl groups is 1. The number of carbonyl (C=O) groups is 3. The fourth-order valence-electron chi connectivity index (χ4n) is 4.60. The zero-order valence-corrected chi connectivity index (χ0v) is 26.0. The number of hydrogen-bond donors (Lipinski definition) is 4. The molecule has 1 aromatic carbocycles. The van der Waals surface area contributed by atoms with Gasteiger partial charge in [0, 0.05) is 50.4 Å². The van der Waals surface area contributed by atoms with Crippen molar-refractivity contribution in [3.05, 3.63) is 23.8 Å². The summed E-state index contributed by atoms with van der Waals surface area (Å²) in [5.74, 6) is -0.0584. The normalized spacial score (nSPS) is 21.4. The van der Waals surface area contributed by atoms with E-state index in [9.17, 15) is 19.5 Å². The largest absolute Gasteiger partial charge is 0.490 e. The molecule has 4 N–H and O–H groups in total. The van der Waals surface area contributed by atoms with Gasteiger partial charge in [-0.25, -0.2) is 9.59 Å². The van der Waals surface area contributed by atoms with Crippen molar-refractivity contribution in [1.29, 1.82) is 0 Å². The van der Waals surface area contributed by atoms with Crippen LogP contribution in [0, 0.1) is 5.92 Å². The fourth-order valence-corrected chi connectivity index (χ4v) is 4.60. The van der Waals surface area contributed by atoms with E-state index in [1.165, 1.54) is 0 Å². The van der Waals surface area contributed by atoms with E-state index in [0.29, 0.717) is 30.2 Å². The first-order chi connectivity index (χ1) is 19.3. The SMILES string of the molecule is CC(C)NC(=O)Nc1ccc2c(c1)C(=O)N([C@H](C)CO)C[C@@H](C)[C@@H](CN(C)C(=O)NC(C)C)OCCCC[C@H](C)O2. The number of aliphatic hydroxyl groups excluding tert-OH is 1. The van der Waals surface area contributed by atoms with Crippen molar-refractivity contribution in [2.75, 3.05) is 38.7 Å². The number of likely N-dealkylation sites (N-methyl/N-ethyl adjacent to an activating group) is 1. The minimum absolute atomic E-state index is 0.00547. The fraction of sp³-hybridized carbons (Fsp3) is 0.700. The van der Waals surface area contributed by atoms with Crippen LogP contribution >= 0.6 is 0 Å². The Morgan fingerprint density at radius 3 is 2.41 bits per heavy atom. The van der Waals surface area contributed by atoms with Gasteiger partial charge in [-0.2, -0.15) is 0 Å². The Kier molecular flexibility index (Phi) is 13.7. The Hall–Kier alpha value is -3.05. The molecule has 0 spiro atoms. The number of amides is 5. The minimum atomic E-state index is -0.494. The van der Waals surface area contributed by atoms with E-state index in [1.807, 2.05) is 41.5 Å². The number of anilines is 1. The van der Waals surface area contributed by atoms with Crippen LogP contribution in [0.25, 0.3) is 0 Å². The number of rotatable bonds is 7. The summed E-state index contributed by atoms with van der Waals surface area (Å²) in [5.41, 5.74) is 0.755. The van der Waals surface area contributed by atoms with E-state index in [2.05, 4.69) is 16.0 Å². The second-order valence-corrected chi connectivity index (χ2v) is 11.7. The second-order valence-electron chi connectivity index (χ2n) is 11.7. The molecule has 0 saturated heterocycles. The van der Waals surface area contributed by atoms with Crippen LogP contribution in [0.4, 0.5) is 15.3 Å². The zero-order chi connectivity index (χ0) is 30.7. The third kappa shape index (κ3) is 11.0. The lowest BCUT2D eigenvalue weighted by Crippen LogP contribution is -2.49. The van der Waals surface area contributed by atoms with E-state index in [1.54, 1.807) is 42.0 Å². The van der Waals surface area contributed by atoms with Crippen molar-refractivity contribution in [1.82, 2.24) is 20.4 Å². The molecule has 232 valence electrons. The first kappa shape index (κ1) is 34.2. The highest BCUT2D eigenvalue weighted by Gasteiger charge is 2.31. The molecule has 1 aliphatic heterocycles. The maximum absolute atomic E-state index is 14.1. The van der Waals surface area contributed by atoms with Crippen molar-refractivity contribution in [2.45, 2.75) is 98.1 Å². The lowest BCUT2D eigenvalue weighted by molar-refractivity contribution is -0.0122. The number of hydrogen-bond acceptors (Lipinski definition) is 6. The number of fused-ring (bicyclic) bond motifs is 1. The molecule has 0 aliphatic carbocycles. The lowest BCUT2D eigenvalue weighted by Gasteiger charge is -2.36. The lowest BCUT2D eigenvalue weighted by atomic mass is 10.0. The van der Waals surface area contributed by atoms with Gasteiger partial charge >= 0.3 is 12.1 Å². The van der Waals surface area contributed by atoms with Crippen molar-refractivity contribution < 1.29 is 29.0 Å². The molecule has 0 radical (unpaired) electrons. The summed E-state index contributed by atoms with van der Waals surface area (Å²) in [4.78, 5) is 42.3. The molecule has 5 amide bonds. The van der Waals surface area contributed by atoms with Crippen molar-refractivity contribution in [2.24, 2.45) is 5.92 Å². The van der Waals surface area contributed by atoms with Crippen molar-refractivity contribution >= 4 is 23.7 Å². The van der Waals surface area contributed by atoms with Gasteiger partial charge in [0.05, 0.1) is 30.4 Å². The Labute approximate surface area is 245 Å². The highest BCUT2D eigenvalue weighted by Crippen LogP contribution is 2.28. The maximum Gasteiger partial charge on any atom is 0.319 e. The minimum Gasteiger partial charge on any atom is -0.490 e. The number of urea groups is 2. The quantitative estimate of drug-likeness (QED) is 0.386. The van der Waals surface area contributed by atoms with Crippen LogP contribution in [0.2, 0.25) is 0 Å². The molecule has 0 fully saturated rings. The highest BCUT2D eigenvalue weighted by atomic mass is 16.5. The zero-order valence-electron chi connectivity index (χ0n) is 26.0. The molecule has 0 saturated carbocycles. The van der Waals surface area contributed by atoms with E-state index in [0.717, 1.165) is 19.3 Å². The van der Waals surface area contributed by atoms with Crippen LogP contribution in [0.1, 0.15) is 78.1 Å². The van der Waals surface area contributed by atoms with Gasteiger partial charge in [0.15, 0.2) is 0 Å². The number of carbonyl (C=O) groups excluding carboxylic acids is 3. The first-order valence-corrected chi connectivity index (χ1v) is 14.8. The smallest absolute Gasteiger partial charge is 0.319 e. The predicted molar refractivity (Wildman–Crippen MR) is 160 cm³/mol. The Morgan fingerprint density at radius 1 is 1.10 bits per heavy atom. The summed E-state index contributed by atoms with van der Waals surface area (Å²) >= 11 is 0. The topological polar surface area (TPSA) is 132 Å². The Bertz CT molecular complexity index is 1000. The van der Waals surface area contributed by atoms with E-state index >= 15 is 0 Å². The maximum atomic E-state index is 14.1. The Balaban J connectivity index is 2.44. The average molecular weight is 578 g/mol. The summed E-state index contributed by atoms with van der Waals surface area (Å²) in [6.45, 7) is 14.2. The molecular formula is C30H51N5O6. The van der Waals surface area contributed by atoms with Crippen molar-refractivity contribution in [3.63, 3.8) is 0 Å². The standard InChI is InChI=1S/C30H51N5O6/c1-19(2)31-29(38)33-24-12-13-26-25(15-24)28(37)35(22(6)18-36)16-21(5)27(17-34(8)30(39)32-20(3)4)40-14-10-9-11-23(7)41-26/h12-13,15,19-23,27,36H,9-11,14,16-18H2,1-8H3,(H,32,39)(H2,31,33,38)/t21-,22-,23+,27-/m1/s1. The molecule has 11 heteroatoms. The number of nitrogens with zero attached hydrogens (tertiary/aromatic N) is 2. The van der Waals surface area contributed by atoms with Gasteiger partial charge in [0.1, 0.15) is 5.75 Å². The summed E-state index contributed by atoms with van der Waals surface area (Å²) in [6, 6.07) is 3.95. The van der Waals surface area contributed by atoms with Gasteiger partial charge in [-0.3, -0.25) is 4.79 Å². The molecular weight excluding hydrogens is 526 g/mol. The molecule has 11 nitrogen and oxygen atoms in total. The molecule has 0 aromatic heterocycles. The van der Waals surface area contributed by atoms with Crippen LogP contribution in [-0.2, 0) is 4.74 Å². The number of benzene rings is 1. The van der Waals surface area contributed by atoms with Crippen LogP contribution in [0.5, 0.6) is 5.75 Å². The van der Waals surface area contributed by atoms with Gasteiger partial charge in [-0.05, 0) is 79.0 Å². The third-order valence-corrected chi connectivity index (χ3v) is 6.94.